The van der Waals surface area contributed by atoms with Gasteiger partial charge in [0.1, 0.15) is 0 Å². The first-order chi connectivity index (χ1) is 9.57. The molecule has 0 aliphatic carbocycles. The zero-order chi connectivity index (χ0) is 14.2. The number of ether oxygens (including phenoxy) is 1. The Hall–Kier alpha value is -0.800. The van der Waals surface area contributed by atoms with Crippen molar-refractivity contribution in [2.75, 3.05) is 31.0 Å². The van der Waals surface area contributed by atoms with Crippen molar-refractivity contribution in [3.05, 3.63) is 35.4 Å². The maximum atomic E-state index is 13.2. The largest absolute Gasteiger partial charge is 0.380 e. The van der Waals surface area contributed by atoms with Gasteiger partial charge in [-0.3, -0.25) is 4.79 Å². The lowest BCUT2D eigenvalue weighted by molar-refractivity contribution is 0.0924. The van der Waals surface area contributed by atoms with E-state index in [1.807, 2.05) is 24.3 Å². The highest BCUT2D eigenvalue weighted by Crippen LogP contribution is 2.64. The summed E-state index contributed by atoms with van der Waals surface area (Å²) >= 11 is 0. The number of rotatable bonds is 3. The summed E-state index contributed by atoms with van der Waals surface area (Å²) in [6, 6.07) is 8.08. The minimum Gasteiger partial charge on any atom is -0.380 e. The molecule has 3 rings (SSSR count). The SMILES string of the molecule is Cc1ccc(C(=O)C2(S3(C)CCCC3)CCOC2)cc1. The van der Waals surface area contributed by atoms with Gasteiger partial charge in [0.2, 0.25) is 0 Å². The second kappa shape index (κ2) is 5.19. The second-order valence-electron chi connectivity index (χ2n) is 6.38. The number of carbonyl (C=O) groups is 1. The summed E-state index contributed by atoms with van der Waals surface area (Å²) in [5.74, 6) is 2.83. The smallest absolute Gasteiger partial charge is 0.179 e. The van der Waals surface area contributed by atoms with Crippen molar-refractivity contribution >= 4 is 15.8 Å². The molecule has 0 N–H and O–H groups in total. The lowest BCUT2D eigenvalue weighted by atomic mass is 9.95. The third kappa shape index (κ3) is 2.11. The number of hydrogen-bond donors (Lipinski definition) is 0. The number of carbonyl (C=O) groups excluding carboxylic acids is 1. The Kier molecular flexibility index (Phi) is 3.67. The van der Waals surface area contributed by atoms with E-state index in [0.29, 0.717) is 12.4 Å². The van der Waals surface area contributed by atoms with Gasteiger partial charge in [0, 0.05) is 12.2 Å². The highest BCUT2D eigenvalue weighted by Gasteiger charge is 2.53. The van der Waals surface area contributed by atoms with E-state index in [9.17, 15) is 4.79 Å². The van der Waals surface area contributed by atoms with Gasteiger partial charge >= 0.3 is 0 Å². The van der Waals surface area contributed by atoms with Crippen molar-refractivity contribution in [2.24, 2.45) is 0 Å². The molecule has 2 aliphatic rings. The standard InChI is InChI=1S/C17H24O2S/c1-14-5-7-15(8-6-14)16(18)17(9-10-19-13-17)20(2)11-3-4-12-20/h5-8H,3-4,9-13H2,1-2H3. The van der Waals surface area contributed by atoms with Gasteiger partial charge in [0.05, 0.1) is 11.4 Å². The van der Waals surface area contributed by atoms with Gasteiger partial charge in [-0.25, -0.2) is 10.0 Å². The van der Waals surface area contributed by atoms with Crippen LogP contribution in [0.15, 0.2) is 24.3 Å². The molecule has 20 heavy (non-hydrogen) atoms. The number of benzene rings is 1. The van der Waals surface area contributed by atoms with Crippen molar-refractivity contribution in [1.82, 2.24) is 0 Å². The first-order valence-electron chi connectivity index (χ1n) is 7.50. The van der Waals surface area contributed by atoms with Crippen LogP contribution in [-0.4, -0.2) is 41.5 Å². The van der Waals surface area contributed by atoms with Crippen LogP contribution in [0.25, 0.3) is 0 Å². The van der Waals surface area contributed by atoms with Gasteiger partial charge in [-0.2, -0.15) is 0 Å². The molecule has 0 aromatic heterocycles. The van der Waals surface area contributed by atoms with Crippen LogP contribution in [0.2, 0.25) is 0 Å². The minimum absolute atomic E-state index is 0.210. The van der Waals surface area contributed by atoms with Gasteiger partial charge in [-0.15, -0.1) is 0 Å². The molecule has 2 nitrogen and oxygen atoms in total. The Morgan fingerprint density at radius 2 is 1.85 bits per heavy atom. The third-order valence-corrected chi connectivity index (χ3v) is 9.87. The molecular formula is C17H24O2S. The topological polar surface area (TPSA) is 26.3 Å². The molecule has 0 saturated carbocycles. The monoisotopic (exact) mass is 292 g/mol. The lowest BCUT2D eigenvalue weighted by Crippen LogP contribution is -2.45. The van der Waals surface area contributed by atoms with Gasteiger partial charge in [0.15, 0.2) is 5.78 Å². The Bertz CT molecular complexity index is 494. The average molecular weight is 292 g/mol. The highest BCUT2D eigenvalue weighted by atomic mass is 32.3. The molecular weight excluding hydrogens is 268 g/mol. The summed E-state index contributed by atoms with van der Waals surface area (Å²) in [6.45, 7) is 3.46. The minimum atomic E-state index is -0.876. The fraction of sp³-hybridized carbons (Fsp3) is 0.588. The molecule has 1 unspecified atom stereocenters. The van der Waals surface area contributed by atoms with Crippen molar-refractivity contribution in [2.45, 2.75) is 30.9 Å². The molecule has 1 aromatic rings. The van der Waals surface area contributed by atoms with Crippen LogP contribution in [0.4, 0.5) is 0 Å². The van der Waals surface area contributed by atoms with Crippen molar-refractivity contribution < 1.29 is 9.53 Å². The number of Topliss-reactive ketones (excluding diaryl/α,β-unsaturated/α-hetero) is 1. The molecule has 1 atom stereocenters. The zero-order valence-corrected chi connectivity index (χ0v) is 13.3. The normalized spacial score (nSPS) is 30.3. The third-order valence-electron chi connectivity index (χ3n) is 5.10. The number of hydrogen-bond acceptors (Lipinski definition) is 2. The molecule has 0 spiro atoms. The molecule has 2 fully saturated rings. The number of aryl methyl sites for hydroxylation is 1. The van der Waals surface area contributed by atoms with Crippen molar-refractivity contribution in [3.63, 3.8) is 0 Å². The summed E-state index contributed by atoms with van der Waals surface area (Å²) in [4.78, 5) is 13.2. The zero-order valence-electron chi connectivity index (χ0n) is 12.5. The summed E-state index contributed by atoms with van der Waals surface area (Å²) in [6.07, 6.45) is 5.88. The van der Waals surface area contributed by atoms with E-state index in [1.54, 1.807) is 0 Å². The summed E-state index contributed by atoms with van der Waals surface area (Å²) in [5, 5.41) is 0. The van der Waals surface area contributed by atoms with Gasteiger partial charge in [0.25, 0.3) is 0 Å². The van der Waals surface area contributed by atoms with Gasteiger partial charge in [-0.1, -0.05) is 29.8 Å². The summed E-state index contributed by atoms with van der Waals surface area (Å²) in [7, 11) is -0.876. The fourth-order valence-electron chi connectivity index (χ4n) is 3.64. The molecule has 0 radical (unpaired) electrons. The van der Waals surface area contributed by atoms with E-state index in [4.69, 9.17) is 4.74 Å². The van der Waals surface area contributed by atoms with Crippen molar-refractivity contribution in [1.29, 1.82) is 0 Å². The molecule has 0 amide bonds. The van der Waals surface area contributed by atoms with E-state index < -0.39 is 10.0 Å². The predicted molar refractivity (Wildman–Crippen MR) is 86.2 cm³/mol. The Labute approximate surface area is 123 Å². The Morgan fingerprint density at radius 1 is 1.20 bits per heavy atom. The highest BCUT2D eigenvalue weighted by molar-refractivity contribution is 8.35. The Balaban J connectivity index is 1.98. The average Bonchev–Trinajstić information content (AvgIpc) is 3.09. The van der Waals surface area contributed by atoms with Crippen LogP contribution in [0.5, 0.6) is 0 Å². The van der Waals surface area contributed by atoms with Gasteiger partial charge in [-0.05, 0) is 43.9 Å². The first-order valence-corrected chi connectivity index (χ1v) is 9.88. The van der Waals surface area contributed by atoms with E-state index in [-0.39, 0.29) is 4.75 Å². The van der Waals surface area contributed by atoms with E-state index >= 15 is 0 Å². The molecule has 2 heterocycles. The maximum absolute atomic E-state index is 13.2. The Morgan fingerprint density at radius 3 is 2.40 bits per heavy atom. The predicted octanol–water partition coefficient (Wildman–Crippen LogP) is 3.57. The van der Waals surface area contributed by atoms with Crippen LogP contribution in [-0.2, 0) is 4.74 Å². The van der Waals surface area contributed by atoms with E-state index in [1.165, 1.54) is 29.9 Å². The van der Waals surface area contributed by atoms with Crippen LogP contribution < -0.4 is 0 Å². The molecule has 0 bridgehead atoms. The maximum Gasteiger partial charge on any atom is 0.179 e. The van der Waals surface area contributed by atoms with E-state index in [2.05, 4.69) is 13.2 Å². The number of ketones is 1. The van der Waals surface area contributed by atoms with Crippen molar-refractivity contribution in [3.8, 4) is 0 Å². The first kappa shape index (κ1) is 14.2. The summed E-state index contributed by atoms with van der Waals surface area (Å²) in [5.41, 5.74) is 2.08. The van der Waals surface area contributed by atoms with Crippen LogP contribution in [0, 0.1) is 6.92 Å². The molecule has 2 saturated heterocycles. The molecule has 3 heteroatoms. The molecule has 110 valence electrons. The summed E-state index contributed by atoms with van der Waals surface area (Å²) < 4.78 is 5.49. The van der Waals surface area contributed by atoms with Crippen LogP contribution >= 0.6 is 10.0 Å². The molecule has 2 aliphatic heterocycles. The lowest BCUT2D eigenvalue weighted by Gasteiger charge is -2.47. The second-order valence-corrected chi connectivity index (χ2v) is 10.5. The van der Waals surface area contributed by atoms with Gasteiger partial charge < -0.3 is 4.74 Å². The molecule has 1 aromatic carbocycles. The van der Waals surface area contributed by atoms with Crippen LogP contribution in [0.3, 0.4) is 0 Å². The quantitative estimate of drug-likeness (QED) is 0.796. The van der Waals surface area contributed by atoms with Crippen LogP contribution in [0.1, 0.15) is 35.2 Å². The van der Waals surface area contributed by atoms with E-state index in [0.717, 1.165) is 18.6 Å². The fourth-order valence-corrected chi connectivity index (χ4v) is 7.82.